The molecule has 1 atom stereocenters. The van der Waals surface area contributed by atoms with E-state index in [1.54, 1.807) is 0 Å². The van der Waals surface area contributed by atoms with Crippen molar-refractivity contribution in [2.45, 2.75) is 19.9 Å². The third-order valence-electron chi connectivity index (χ3n) is 3.26. The van der Waals surface area contributed by atoms with Crippen molar-refractivity contribution in [1.29, 1.82) is 0 Å². The third-order valence-corrected chi connectivity index (χ3v) is 3.55. The minimum Gasteiger partial charge on any atom is -0.320 e. The van der Waals surface area contributed by atoms with Gasteiger partial charge in [-0.15, -0.1) is 0 Å². The fourth-order valence-corrected chi connectivity index (χ4v) is 2.06. The summed E-state index contributed by atoms with van der Waals surface area (Å²) in [6.45, 7) is 3.93. The molecule has 2 aromatic carbocycles. The second-order valence-corrected chi connectivity index (χ2v) is 5.02. The van der Waals surface area contributed by atoms with Gasteiger partial charge in [-0.05, 0) is 42.7 Å². The maximum atomic E-state index is 13.8. The molecule has 0 radical (unpaired) electrons. The van der Waals surface area contributed by atoms with Crippen LogP contribution in [0.2, 0.25) is 5.02 Å². The second kappa shape index (κ2) is 5.27. The molecule has 0 fully saturated rings. The van der Waals surface area contributed by atoms with Crippen LogP contribution in [0.5, 0.6) is 0 Å². The Kier molecular flexibility index (Phi) is 3.88. The van der Waals surface area contributed by atoms with Crippen LogP contribution in [0.15, 0.2) is 30.3 Å². The lowest BCUT2D eigenvalue weighted by Crippen LogP contribution is -2.14. The molecule has 0 aliphatic carbocycles. The van der Waals surface area contributed by atoms with Crippen LogP contribution in [0.25, 0.3) is 0 Å². The fourth-order valence-electron chi connectivity index (χ4n) is 1.91. The first-order valence-electron chi connectivity index (χ1n) is 5.87. The van der Waals surface area contributed by atoms with E-state index >= 15 is 0 Å². The van der Waals surface area contributed by atoms with Gasteiger partial charge in [0.1, 0.15) is 11.6 Å². The van der Waals surface area contributed by atoms with Gasteiger partial charge >= 0.3 is 0 Å². The highest BCUT2D eigenvalue weighted by Gasteiger charge is 2.17. The molecule has 1 nitrogen and oxygen atoms in total. The van der Waals surface area contributed by atoms with E-state index in [-0.39, 0.29) is 10.6 Å². The lowest BCUT2D eigenvalue weighted by Gasteiger charge is -2.15. The summed E-state index contributed by atoms with van der Waals surface area (Å²) in [5.74, 6) is -1.27. The van der Waals surface area contributed by atoms with Crippen LogP contribution in [0.1, 0.15) is 28.3 Å². The van der Waals surface area contributed by atoms with E-state index in [1.807, 2.05) is 32.0 Å². The molecule has 19 heavy (non-hydrogen) atoms. The Labute approximate surface area is 116 Å². The SMILES string of the molecule is Cc1ccc(C(N)c2cc(F)c(Cl)cc2F)cc1C. The van der Waals surface area contributed by atoms with Gasteiger partial charge in [-0.25, -0.2) is 8.78 Å². The molecule has 0 saturated carbocycles. The van der Waals surface area contributed by atoms with Gasteiger partial charge < -0.3 is 5.73 Å². The summed E-state index contributed by atoms with van der Waals surface area (Å²) in [7, 11) is 0. The summed E-state index contributed by atoms with van der Waals surface area (Å²) < 4.78 is 27.2. The zero-order valence-electron chi connectivity index (χ0n) is 10.7. The van der Waals surface area contributed by atoms with Crippen LogP contribution in [0.3, 0.4) is 0 Å². The van der Waals surface area contributed by atoms with E-state index in [0.29, 0.717) is 0 Å². The maximum absolute atomic E-state index is 13.8. The van der Waals surface area contributed by atoms with Crippen molar-refractivity contribution in [3.63, 3.8) is 0 Å². The molecular formula is C15H14ClF2N. The Balaban J connectivity index is 2.46. The number of hydrogen-bond acceptors (Lipinski definition) is 1. The molecule has 0 spiro atoms. The number of hydrogen-bond donors (Lipinski definition) is 1. The van der Waals surface area contributed by atoms with Crippen molar-refractivity contribution in [2.75, 3.05) is 0 Å². The standard InChI is InChI=1S/C15H14ClF2N/c1-8-3-4-10(5-9(8)2)15(19)11-6-14(18)12(16)7-13(11)17/h3-7,15H,19H2,1-2H3. The van der Waals surface area contributed by atoms with E-state index < -0.39 is 17.7 Å². The average Bonchev–Trinajstić information content (AvgIpc) is 2.36. The van der Waals surface area contributed by atoms with Crippen molar-refractivity contribution < 1.29 is 8.78 Å². The normalized spacial score (nSPS) is 12.5. The molecule has 2 rings (SSSR count). The molecule has 0 aromatic heterocycles. The molecule has 0 aliphatic heterocycles. The number of nitrogens with two attached hydrogens (primary N) is 1. The minimum atomic E-state index is -0.717. The van der Waals surface area contributed by atoms with E-state index in [2.05, 4.69) is 0 Å². The Morgan fingerprint density at radius 2 is 1.68 bits per heavy atom. The summed E-state index contributed by atoms with van der Waals surface area (Å²) >= 11 is 5.53. The van der Waals surface area contributed by atoms with Gasteiger partial charge in [-0.3, -0.25) is 0 Å². The number of benzene rings is 2. The number of halogens is 3. The zero-order valence-corrected chi connectivity index (χ0v) is 11.4. The summed E-state index contributed by atoms with van der Waals surface area (Å²) in [6.07, 6.45) is 0. The van der Waals surface area contributed by atoms with Crippen LogP contribution in [-0.2, 0) is 0 Å². The lowest BCUT2D eigenvalue weighted by atomic mass is 9.96. The van der Waals surface area contributed by atoms with Crippen LogP contribution >= 0.6 is 11.6 Å². The predicted molar refractivity (Wildman–Crippen MR) is 73.3 cm³/mol. The number of aryl methyl sites for hydroxylation is 2. The molecule has 2 N–H and O–H groups in total. The molecule has 0 amide bonds. The molecule has 100 valence electrons. The van der Waals surface area contributed by atoms with Gasteiger partial charge in [0.25, 0.3) is 0 Å². The quantitative estimate of drug-likeness (QED) is 0.817. The van der Waals surface area contributed by atoms with Crippen molar-refractivity contribution in [1.82, 2.24) is 0 Å². The molecule has 2 aromatic rings. The Hall–Kier alpha value is -1.45. The Morgan fingerprint density at radius 3 is 2.32 bits per heavy atom. The van der Waals surface area contributed by atoms with Crippen molar-refractivity contribution >= 4 is 11.6 Å². The summed E-state index contributed by atoms with van der Waals surface area (Å²) in [5, 5.41) is -0.242. The Morgan fingerprint density at radius 1 is 1.00 bits per heavy atom. The average molecular weight is 282 g/mol. The maximum Gasteiger partial charge on any atom is 0.142 e. The zero-order chi connectivity index (χ0) is 14.2. The monoisotopic (exact) mass is 281 g/mol. The molecule has 0 heterocycles. The minimum absolute atomic E-state index is 0.102. The third kappa shape index (κ3) is 2.77. The van der Waals surface area contributed by atoms with Gasteiger partial charge in [0, 0.05) is 5.56 Å². The van der Waals surface area contributed by atoms with Crippen molar-refractivity contribution in [2.24, 2.45) is 5.73 Å². The highest BCUT2D eigenvalue weighted by atomic mass is 35.5. The second-order valence-electron chi connectivity index (χ2n) is 4.61. The van der Waals surface area contributed by atoms with E-state index in [9.17, 15) is 8.78 Å². The molecule has 0 aliphatic rings. The highest BCUT2D eigenvalue weighted by Crippen LogP contribution is 2.27. The first-order chi connectivity index (χ1) is 8.90. The van der Waals surface area contributed by atoms with E-state index in [1.165, 1.54) is 0 Å². The summed E-state index contributed by atoms with van der Waals surface area (Å²) in [6, 6.07) is 6.90. The van der Waals surface area contributed by atoms with Crippen LogP contribution < -0.4 is 5.73 Å². The van der Waals surface area contributed by atoms with Crippen LogP contribution in [0.4, 0.5) is 8.78 Å². The number of rotatable bonds is 2. The van der Waals surface area contributed by atoms with Crippen molar-refractivity contribution in [3.8, 4) is 0 Å². The van der Waals surface area contributed by atoms with E-state index in [4.69, 9.17) is 17.3 Å². The van der Waals surface area contributed by atoms with Gasteiger partial charge in [0.15, 0.2) is 0 Å². The highest BCUT2D eigenvalue weighted by molar-refractivity contribution is 6.30. The molecule has 0 saturated heterocycles. The van der Waals surface area contributed by atoms with Gasteiger partial charge in [-0.2, -0.15) is 0 Å². The van der Waals surface area contributed by atoms with Gasteiger partial charge in [-0.1, -0.05) is 29.8 Å². The first-order valence-corrected chi connectivity index (χ1v) is 6.25. The van der Waals surface area contributed by atoms with Crippen LogP contribution in [-0.4, -0.2) is 0 Å². The van der Waals surface area contributed by atoms with E-state index in [0.717, 1.165) is 28.8 Å². The van der Waals surface area contributed by atoms with Gasteiger partial charge in [0.2, 0.25) is 0 Å². The van der Waals surface area contributed by atoms with Crippen molar-refractivity contribution in [3.05, 3.63) is 69.2 Å². The molecule has 4 heteroatoms. The Bertz CT molecular complexity index is 626. The first kappa shape index (κ1) is 14.0. The predicted octanol–water partition coefficient (Wildman–Crippen LogP) is 4.28. The molecule has 0 bridgehead atoms. The largest absolute Gasteiger partial charge is 0.320 e. The summed E-state index contributed by atoms with van der Waals surface area (Å²) in [4.78, 5) is 0. The smallest absolute Gasteiger partial charge is 0.142 e. The van der Waals surface area contributed by atoms with Gasteiger partial charge in [0.05, 0.1) is 11.1 Å². The lowest BCUT2D eigenvalue weighted by molar-refractivity contribution is 0.577. The summed E-state index contributed by atoms with van der Waals surface area (Å²) in [5.41, 5.74) is 9.03. The topological polar surface area (TPSA) is 26.0 Å². The fraction of sp³-hybridized carbons (Fsp3) is 0.200. The molecule has 1 unspecified atom stereocenters. The molecular weight excluding hydrogens is 268 g/mol. The van der Waals surface area contributed by atoms with Crippen LogP contribution in [0, 0.1) is 25.5 Å².